The lowest BCUT2D eigenvalue weighted by Gasteiger charge is -2.24. The zero-order valence-corrected chi connectivity index (χ0v) is 16.1. The van der Waals surface area contributed by atoms with E-state index in [1.165, 1.54) is 6.07 Å². The number of rotatable bonds is 4. The molecule has 0 saturated heterocycles. The number of nitro benzene ring substituents is 1. The Labute approximate surface area is 172 Å². The molecule has 0 saturated carbocycles. The number of nitro groups is 1. The van der Waals surface area contributed by atoms with E-state index in [2.05, 4.69) is 0 Å². The van der Waals surface area contributed by atoms with Gasteiger partial charge in [-0.05, 0) is 35.4 Å². The van der Waals surface area contributed by atoms with E-state index in [-0.39, 0.29) is 10.6 Å². The summed E-state index contributed by atoms with van der Waals surface area (Å²) in [4.78, 5) is 11.4. The van der Waals surface area contributed by atoms with E-state index in [0.29, 0.717) is 55.0 Å². The third kappa shape index (κ3) is 3.28. The number of para-hydroxylation sites is 1. The van der Waals surface area contributed by atoms with Gasteiger partial charge in [0.1, 0.15) is 26.4 Å². The quantitative estimate of drug-likeness (QED) is 0.365. The van der Waals surface area contributed by atoms with Crippen LogP contribution in [0.1, 0.15) is 22.6 Å². The second-order valence-corrected chi connectivity index (χ2v) is 7.06. The molecule has 0 amide bonds. The summed E-state index contributed by atoms with van der Waals surface area (Å²) in [5.41, 5.74) is 2.39. The summed E-state index contributed by atoms with van der Waals surface area (Å²) >= 11 is 0. The van der Waals surface area contributed by atoms with Crippen molar-refractivity contribution < 1.29 is 23.9 Å². The highest BCUT2D eigenvalue weighted by molar-refractivity contribution is 5.57. The third-order valence-electron chi connectivity index (χ3n) is 5.24. The monoisotopic (exact) mass is 405 g/mol. The lowest BCUT2D eigenvalue weighted by molar-refractivity contribution is -0.385. The maximum atomic E-state index is 11.8. The van der Waals surface area contributed by atoms with Crippen LogP contribution in [0.4, 0.5) is 5.69 Å². The van der Waals surface area contributed by atoms with Crippen molar-refractivity contribution in [2.24, 2.45) is 0 Å². The molecule has 0 aromatic heterocycles. The van der Waals surface area contributed by atoms with Crippen LogP contribution in [0.2, 0.25) is 0 Å². The van der Waals surface area contributed by atoms with E-state index in [9.17, 15) is 10.1 Å². The smallest absolute Gasteiger partial charge is 0.273 e. The first-order chi connectivity index (χ1) is 14.7. The minimum Gasteiger partial charge on any atom is -0.486 e. The molecule has 5 rings (SSSR count). The molecule has 0 atom stereocenters. The molecule has 0 spiro atoms. The molecule has 3 aromatic carbocycles. The SMILES string of the molecule is O=[N+]([O-])c1ccccc1C(c1ccc2c(c1)OCCO2)c1ccc2c(c1)OCCO2. The molecule has 3 aromatic rings. The number of fused-ring (bicyclic) bond motifs is 2. The summed E-state index contributed by atoms with van der Waals surface area (Å²) in [5, 5.41) is 11.8. The largest absolute Gasteiger partial charge is 0.486 e. The van der Waals surface area contributed by atoms with Gasteiger partial charge in [0.25, 0.3) is 5.69 Å². The Kier molecular flexibility index (Phi) is 4.63. The standard InChI is InChI=1S/C23H19NO6/c25-24(26)18-4-2-1-3-17(18)23(15-5-7-19-21(13-15)29-11-9-27-19)16-6-8-20-22(14-16)30-12-10-28-20/h1-8,13-14,23H,9-12H2. The first-order valence-electron chi connectivity index (χ1n) is 9.73. The van der Waals surface area contributed by atoms with E-state index >= 15 is 0 Å². The minimum absolute atomic E-state index is 0.0623. The molecule has 7 heteroatoms. The Morgan fingerprint density at radius 1 is 0.700 bits per heavy atom. The molecule has 0 N–H and O–H groups in total. The van der Waals surface area contributed by atoms with Crippen LogP contribution in [0.15, 0.2) is 60.7 Å². The summed E-state index contributed by atoms with van der Waals surface area (Å²) in [6.45, 7) is 1.94. The first kappa shape index (κ1) is 18.3. The van der Waals surface area contributed by atoms with Crippen molar-refractivity contribution in [3.05, 3.63) is 87.5 Å². The lowest BCUT2D eigenvalue weighted by Crippen LogP contribution is -2.17. The van der Waals surface area contributed by atoms with Crippen molar-refractivity contribution in [1.29, 1.82) is 0 Å². The Bertz CT molecular complexity index is 1050. The van der Waals surface area contributed by atoms with Crippen molar-refractivity contribution in [3.8, 4) is 23.0 Å². The lowest BCUT2D eigenvalue weighted by atomic mass is 9.84. The van der Waals surface area contributed by atoms with Gasteiger partial charge in [-0.2, -0.15) is 0 Å². The van der Waals surface area contributed by atoms with Gasteiger partial charge in [0, 0.05) is 17.5 Å². The second-order valence-electron chi connectivity index (χ2n) is 7.06. The van der Waals surface area contributed by atoms with Crippen LogP contribution in [-0.2, 0) is 0 Å². The average Bonchev–Trinajstić information content (AvgIpc) is 2.79. The van der Waals surface area contributed by atoms with Gasteiger partial charge in [0.05, 0.1) is 4.92 Å². The number of benzene rings is 3. The van der Waals surface area contributed by atoms with Crippen LogP contribution < -0.4 is 18.9 Å². The van der Waals surface area contributed by atoms with Crippen molar-refractivity contribution in [3.63, 3.8) is 0 Å². The summed E-state index contributed by atoms with van der Waals surface area (Å²) in [5.74, 6) is 2.24. The maximum absolute atomic E-state index is 11.8. The molecule has 152 valence electrons. The Balaban J connectivity index is 1.68. The molecule has 2 aliphatic heterocycles. The van der Waals surface area contributed by atoms with Crippen LogP contribution in [0.3, 0.4) is 0 Å². The Hall–Kier alpha value is -3.74. The normalized spacial score (nSPS) is 14.4. The van der Waals surface area contributed by atoms with Gasteiger partial charge in [0.15, 0.2) is 23.0 Å². The van der Waals surface area contributed by atoms with E-state index in [1.807, 2.05) is 42.5 Å². The van der Waals surface area contributed by atoms with Crippen molar-refractivity contribution >= 4 is 5.69 Å². The molecule has 7 nitrogen and oxygen atoms in total. The molecule has 0 bridgehead atoms. The zero-order chi connectivity index (χ0) is 20.5. The van der Waals surface area contributed by atoms with Crippen LogP contribution >= 0.6 is 0 Å². The highest BCUT2D eigenvalue weighted by Crippen LogP contribution is 2.43. The van der Waals surface area contributed by atoms with E-state index in [4.69, 9.17) is 18.9 Å². The van der Waals surface area contributed by atoms with Crippen molar-refractivity contribution in [2.45, 2.75) is 5.92 Å². The third-order valence-corrected chi connectivity index (χ3v) is 5.24. The number of ether oxygens (including phenoxy) is 4. The Morgan fingerprint density at radius 2 is 1.20 bits per heavy atom. The van der Waals surface area contributed by atoms with Crippen LogP contribution in [-0.4, -0.2) is 31.4 Å². The molecular formula is C23H19NO6. The van der Waals surface area contributed by atoms with Crippen molar-refractivity contribution in [1.82, 2.24) is 0 Å². The topological polar surface area (TPSA) is 80.1 Å². The fraction of sp³-hybridized carbons (Fsp3) is 0.217. The van der Waals surface area contributed by atoms with E-state index in [0.717, 1.165) is 11.1 Å². The predicted molar refractivity (Wildman–Crippen MR) is 109 cm³/mol. The van der Waals surface area contributed by atoms with Gasteiger partial charge >= 0.3 is 0 Å². The summed E-state index contributed by atoms with van der Waals surface area (Å²) in [7, 11) is 0. The molecule has 2 heterocycles. The molecule has 0 fully saturated rings. The maximum Gasteiger partial charge on any atom is 0.273 e. The second kappa shape index (κ2) is 7.59. The van der Waals surface area contributed by atoms with Crippen LogP contribution in [0.25, 0.3) is 0 Å². The van der Waals surface area contributed by atoms with E-state index < -0.39 is 5.92 Å². The van der Waals surface area contributed by atoms with Crippen LogP contribution in [0, 0.1) is 10.1 Å². The van der Waals surface area contributed by atoms with Gasteiger partial charge in [0.2, 0.25) is 0 Å². The number of nitrogens with zero attached hydrogens (tertiary/aromatic N) is 1. The minimum atomic E-state index is -0.391. The average molecular weight is 405 g/mol. The van der Waals surface area contributed by atoms with Gasteiger partial charge in [-0.3, -0.25) is 10.1 Å². The molecular weight excluding hydrogens is 386 g/mol. The predicted octanol–water partition coefficient (Wildman–Crippen LogP) is 4.32. The summed E-state index contributed by atoms with van der Waals surface area (Å²) in [6.07, 6.45) is 0. The van der Waals surface area contributed by atoms with Crippen LogP contribution in [0.5, 0.6) is 23.0 Å². The van der Waals surface area contributed by atoms with Gasteiger partial charge in [-0.25, -0.2) is 0 Å². The first-order valence-corrected chi connectivity index (χ1v) is 9.73. The molecule has 2 aliphatic rings. The van der Waals surface area contributed by atoms with Gasteiger partial charge in [-0.15, -0.1) is 0 Å². The van der Waals surface area contributed by atoms with Gasteiger partial charge in [-0.1, -0.05) is 30.3 Å². The highest BCUT2D eigenvalue weighted by atomic mass is 16.6. The molecule has 30 heavy (non-hydrogen) atoms. The highest BCUT2D eigenvalue weighted by Gasteiger charge is 2.27. The summed E-state index contributed by atoms with van der Waals surface area (Å²) < 4.78 is 22.8. The number of hydrogen-bond acceptors (Lipinski definition) is 6. The molecule has 0 unspecified atom stereocenters. The number of hydrogen-bond donors (Lipinski definition) is 0. The fourth-order valence-corrected chi connectivity index (χ4v) is 3.93. The fourth-order valence-electron chi connectivity index (χ4n) is 3.93. The van der Waals surface area contributed by atoms with Crippen molar-refractivity contribution in [2.75, 3.05) is 26.4 Å². The summed E-state index contributed by atoms with van der Waals surface area (Å²) in [6, 6.07) is 18.1. The van der Waals surface area contributed by atoms with E-state index in [1.54, 1.807) is 12.1 Å². The zero-order valence-electron chi connectivity index (χ0n) is 16.1. The molecule has 0 radical (unpaired) electrons. The Morgan fingerprint density at radius 3 is 1.73 bits per heavy atom. The van der Waals surface area contributed by atoms with Gasteiger partial charge < -0.3 is 18.9 Å². The molecule has 0 aliphatic carbocycles.